The molecule has 0 unspecified atom stereocenters. The van der Waals surface area contributed by atoms with Crippen LogP contribution in [0.15, 0.2) is 98.9 Å². The largest absolute Gasteiger partial charge is 0.486 e. The third kappa shape index (κ3) is 7.37. The lowest BCUT2D eigenvalue weighted by atomic mass is 10.2. The molecule has 5 aromatic rings. The molecule has 2 heterocycles. The van der Waals surface area contributed by atoms with Crippen molar-refractivity contribution >= 4 is 57.2 Å². The van der Waals surface area contributed by atoms with Gasteiger partial charge in [0, 0.05) is 32.1 Å². The molecule has 0 saturated carbocycles. The summed E-state index contributed by atoms with van der Waals surface area (Å²) in [5.41, 5.74) is 6.34. The summed E-state index contributed by atoms with van der Waals surface area (Å²) in [6, 6.07) is 24.5. The number of nitrogens with zero attached hydrogens (tertiary/aromatic N) is 2. The highest BCUT2D eigenvalue weighted by Crippen LogP contribution is 2.26. The lowest BCUT2D eigenvalue weighted by Gasteiger charge is -2.10. The summed E-state index contributed by atoms with van der Waals surface area (Å²) in [5, 5.41) is 4.56. The maximum atomic E-state index is 12.7. The average molecular weight is 681 g/mol. The summed E-state index contributed by atoms with van der Waals surface area (Å²) in [6.07, 6.45) is 1.35. The number of hydrazone groups is 1. The number of aryl methyl sites for hydroxylation is 2. The SMILES string of the molecule is Cc1ccc(C)n1-c1ccc(OCc2ccc(C(=O)N/N=C\c3cc(Br)ccc3OC(=O)c3ccc(Cl)cc3Cl)o2)cc1. The lowest BCUT2D eigenvalue weighted by Crippen LogP contribution is -2.17. The summed E-state index contributed by atoms with van der Waals surface area (Å²) in [7, 11) is 0. The molecule has 1 amide bonds. The van der Waals surface area contributed by atoms with Crippen molar-refractivity contribution < 1.29 is 23.5 Å². The molecule has 2 aromatic heterocycles. The minimum absolute atomic E-state index is 0.0583. The second-order valence-corrected chi connectivity index (χ2v) is 11.2. The first-order valence-electron chi connectivity index (χ1n) is 12.9. The van der Waals surface area contributed by atoms with E-state index in [1.54, 1.807) is 30.3 Å². The van der Waals surface area contributed by atoms with Crippen LogP contribution in [0, 0.1) is 13.8 Å². The highest BCUT2D eigenvalue weighted by atomic mass is 79.9. The highest BCUT2D eigenvalue weighted by Gasteiger charge is 2.16. The zero-order valence-corrected chi connectivity index (χ0v) is 26.0. The molecule has 3 aromatic carbocycles. The maximum absolute atomic E-state index is 12.7. The zero-order chi connectivity index (χ0) is 30.5. The number of hydrogen-bond acceptors (Lipinski definition) is 6. The van der Waals surface area contributed by atoms with E-state index in [9.17, 15) is 9.59 Å². The Morgan fingerprint density at radius 3 is 2.42 bits per heavy atom. The number of nitrogens with one attached hydrogen (secondary N) is 1. The van der Waals surface area contributed by atoms with Gasteiger partial charge in [-0.05, 0) is 98.8 Å². The van der Waals surface area contributed by atoms with Gasteiger partial charge in [-0.1, -0.05) is 39.1 Å². The van der Waals surface area contributed by atoms with Gasteiger partial charge in [-0.3, -0.25) is 4.79 Å². The second-order valence-electron chi connectivity index (χ2n) is 9.40. The van der Waals surface area contributed by atoms with Gasteiger partial charge in [-0.25, -0.2) is 10.2 Å². The third-order valence-electron chi connectivity index (χ3n) is 6.33. The van der Waals surface area contributed by atoms with Crippen molar-refractivity contribution in [2.45, 2.75) is 20.5 Å². The van der Waals surface area contributed by atoms with E-state index in [-0.39, 0.29) is 28.7 Å². The number of benzene rings is 3. The molecule has 1 N–H and O–H groups in total. The Balaban J connectivity index is 1.18. The fraction of sp³-hybridized carbons (Fsp3) is 0.0938. The van der Waals surface area contributed by atoms with Crippen LogP contribution in [0.2, 0.25) is 10.0 Å². The van der Waals surface area contributed by atoms with E-state index in [4.69, 9.17) is 37.1 Å². The van der Waals surface area contributed by atoms with E-state index >= 15 is 0 Å². The molecule has 11 heteroatoms. The van der Waals surface area contributed by atoms with Crippen molar-refractivity contribution in [1.29, 1.82) is 0 Å². The third-order valence-corrected chi connectivity index (χ3v) is 7.37. The molecule has 0 aliphatic heterocycles. The molecule has 5 rings (SSSR count). The van der Waals surface area contributed by atoms with Crippen LogP contribution in [0.4, 0.5) is 0 Å². The van der Waals surface area contributed by atoms with Crippen molar-refractivity contribution in [2.75, 3.05) is 0 Å². The number of rotatable bonds is 9. The number of amides is 1. The van der Waals surface area contributed by atoms with Crippen LogP contribution >= 0.6 is 39.1 Å². The molecular formula is C32H24BrCl2N3O5. The van der Waals surface area contributed by atoms with Gasteiger partial charge in [-0.2, -0.15) is 5.10 Å². The summed E-state index contributed by atoms with van der Waals surface area (Å²) >= 11 is 15.4. The van der Waals surface area contributed by atoms with E-state index in [0.29, 0.717) is 26.6 Å². The summed E-state index contributed by atoms with van der Waals surface area (Å²) in [6.45, 7) is 4.26. The molecule has 0 saturated heterocycles. The van der Waals surface area contributed by atoms with Crippen molar-refractivity contribution in [1.82, 2.24) is 9.99 Å². The van der Waals surface area contributed by atoms with Gasteiger partial charge in [-0.15, -0.1) is 0 Å². The standard InChI is InChI=1S/C32H24BrCl2N3O5/c1-19-3-4-20(2)38(19)24-7-9-25(10-8-24)41-18-26-11-14-30(42-26)31(39)37-36-17-21-15-22(33)5-13-29(21)43-32(40)27-12-6-23(34)16-28(27)35/h3-17H,18H2,1-2H3,(H,37,39)/b36-17-. The van der Waals surface area contributed by atoms with Gasteiger partial charge in [0.25, 0.3) is 0 Å². The van der Waals surface area contributed by atoms with Crippen molar-refractivity contribution in [3.63, 3.8) is 0 Å². The number of ether oxygens (including phenoxy) is 2. The minimum Gasteiger partial charge on any atom is -0.486 e. The molecule has 43 heavy (non-hydrogen) atoms. The first-order valence-corrected chi connectivity index (χ1v) is 14.5. The Kier molecular flexibility index (Phi) is 9.35. The Morgan fingerprint density at radius 1 is 0.953 bits per heavy atom. The molecule has 0 fully saturated rings. The highest BCUT2D eigenvalue weighted by molar-refractivity contribution is 9.10. The molecule has 0 aliphatic rings. The normalized spacial score (nSPS) is 11.1. The van der Waals surface area contributed by atoms with Gasteiger partial charge in [0.2, 0.25) is 0 Å². The fourth-order valence-corrected chi connectivity index (χ4v) is 5.10. The number of carbonyl (C=O) groups is 2. The molecule has 218 valence electrons. The van der Waals surface area contributed by atoms with Gasteiger partial charge in [0.15, 0.2) is 5.76 Å². The average Bonchev–Trinajstić information content (AvgIpc) is 3.59. The molecular weight excluding hydrogens is 657 g/mol. The summed E-state index contributed by atoms with van der Waals surface area (Å²) in [5.74, 6) is 0.171. The van der Waals surface area contributed by atoms with Crippen molar-refractivity contribution in [3.8, 4) is 17.2 Å². The number of esters is 1. The summed E-state index contributed by atoms with van der Waals surface area (Å²) in [4.78, 5) is 25.3. The van der Waals surface area contributed by atoms with E-state index in [1.165, 1.54) is 24.4 Å². The zero-order valence-electron chi connectivity index (χ0n) is 22.9. The van der Waals surface area contributed by atoms with Crippen LogP contribution in [-0.2, 0) is 6.61 Å². The van der Waals surface area contributed by atoms with Gasteiger partial charge < -0.3 is 18.5 Å². The van der Waals surface area contributed by atoms with E-state index < -0.39 is 11.9 Å². The lowest BCUT2D eigenvalue weighted by molar-refractivity contribution is 0.0734. The van der Waals surface area contributed by atoms with Gasteiger partial charge >= 0.3 is 11.9 Å². The van der Waals surface area contributed by atoms with Crippen LogP contribution in [0.25, 0.3) is 5.69 Å². The van der Waals surface area contributed by atoms with E-state index in [2.05, 4.69) is 57.0 Å². The summed E-state index contributed by atoms with van der Waals surface area (Å²) < 4.78 is 19.9. The molecule has 8 nitrogen and oxygen atoms in total. The van der Waals surface area contributed by atoms with Gasteiger partial charge in [0.1, 0.15) is 23.9 Å². The molecule has 0 bridgehead atoms. The Labute approximate surface area is 266 Å². The number of carbonyl (C=O) groups excluding carboxylic acids is 2. The first kappa shape index (κ1) is 30.2. The monoisotopic (exact) mass is 679 g/mol. The van der Waals surface area contributed by atoms with Crippen LogP contribution in [0.1, 0.15) is 43.6 Å². The molecule has 0 radical (unpaired) electrons. The quantitative estimate of drug-likeness (QED) is 0.0731. The predicted molar refractivity (Wildman–Crippen MR) is 169 cm³/mol. The number of halogens is 3. The molecule has 0 atom stereocenters. The van der Waals surface area contributed by atoms with Crippen molar-refractivity contribution in [2.24, 2.45) is 5.10 Å². The fourth-order valence-electron chi connectivity index (χ4n) is 4.24. The Bertz CT molecular complexity index is 1810. The maximum Gasteiger partial charge on any atom is 0.345 e. The molecule has 0 spiro atoms. The number of hydrogen-bond donors (Lipinski definition) is 1. The topological polar surface area (TPSA) is 95.1 Å². The molecule has 0 aliphatic carbocycles. The second kappa shape index (κ2) is 13.3. The van der Waals surface area contributed by atoms with Crippen LogP contribution in [0.5, 0.6) is 11.5 Å². The number of furan rings is 1. The van der Waals surface area contributed by atoms with Crippen LogP contribution in [-0.4, -0.2) is 22.7 Å². The minimum atomic E-state index is -0.671. The Hall–Kier alpha value is -4.31. The van der Waals surface area contributed by atoms with Crippen molar-refractivity contribution in [3.05, 3.63) is 133 Å². The Morgan fingerprint density at radius 2 is 1.70 bits per heavy atom. The smallest absolute Gasteiger partial charge is 0.345 e. The van der Waals surface area contributed by atoms with E-state index in [0.717, 1.165) is 17.1 Å². The van der Waals surface area contributed by atoms with Crippen LogP contribution < -0.4 is 14.9 Å². The number of aromatic nitrogens is 1. The first-order chi connectivity index (χ1) is 20.7. The predicted octanol–water partition coefficient (Wildman–Crippen LogP) is 8.32. The van der Waals surface area contributed by atoms with E-state index in [1.807, 2.05) is 24.3 Å². The van der Waals surface area contributed by atoms with Gasteiger partial charge in [0.05, 0.1) is 16.8 Å². The van der Waals surface area contributed by atoms with Crippen LogP contribution in [0.3, 0.4) is 0 Å².